The van der Waals surface area contributed by atoms with Crippen molar-refractivity contribution in [1.29, 1.82) is 0 Å². The van der Waals surface area contributed by atoms with Crippen LogP contribution in [-0.2, 0) is 0 Å². The van der Waals surface area contributed by atoms with Crippen LogP contribution in [0.3, 0.4) is 0 Å². The molecule has 1 saturated heterocycles. The summed E-state index contributed by atoms with van der Waals surface area (Å²) in [6.07, 6.45) is 1.19. The first-order valence-electron chi connectivity index (χ1n) is 5.66. The topological polar surface area (TPSA) is 0 Å². The first kappa shape index (κ1) is 14.1. The van der Waals surface area contributed by atoms with E-state index in [1.807, 2.05) is 0 Å². The van der Waals surface area contributed by atoms with E-state index in [9.17, 15) is 0 Å². The highest BCUT2D eigenvalue weighted by atomic mass is 32.2. The average Bonchev–Trinajstić information content (AvgIpc) is 2.00. The second-order valence-electron chi connectivity index (χ2n) is 5.94. The van der Waals surface area contributed by atoms with E-state index in [0.29, 0.717) is 5.41 Å². The Morgan fingerprint density at radius 2 is 1.73 bits per heavy atom. The van der Waals surface area contributed by atoms with Crippen LogP contribution in [0.2, 0.25) is 0 Å². The van der Waals surface area contributed by atoms with Crippen molar-refractivity contribution in [2.75, 3.05) is 11.5 Å². The molecule has 2 unspecified atom stereocenters. The maximum absolute atomic E-state index is 4.67. The van der Waals surface area contributed by atoms with Gasteiger partial charge in [-0.05, 0) is 11.8 Å². The quantitative estimate of drug-likeness (QED) is 0.753. The summed E-state index contributed by atoms with van der Waals surface area (Å²) in [5.74, 6) is 2.62. The Balaban J connectivity index is 2.54. The van der Waals surface area contributed by atoms with Gasteiger partial charge in [-0.2, -0.15) is 36.2 Å². The molecule has 2 atom stereocenters. The van der Waals surface area contributed by atoms with Gasteiger partial charge in [-0.25, -0.2) is 0 Å². The van der Waals surface area contributed by atoms with Crippen molar-refractivity contribution in [1.82, 2.24) is 0 Å². The highest BCUT2D eigenvalue weighted by Crippen LogP contribution is 2.44. The van der Waals surface area contributed by atoms with E-state index in [0.717, 1.165) is 10.5 Å². The van der Waals surface area contributed by atoms with Gasteiger partial charge >= 0.3 is 0 Å². The molecule has 0 aliphatic carbocycles. The summed E-state index contributed by atoms with van der Waals surface area (Å²) in [4.78, 5) is 0. The summed E-state index contributed by atoms with van der Waals surface area (Å²) >= 11 is 8.97. The van der Waals surface area contributed by atoms with Crippen LogP contribution in [0.4, 0.5) is 0 Å². The van der Waals surface area contributed by atoms with Crippen LogP contribution in [0.25, 0.3) is 0 Å². The molecule has 0 bridgehead atoms. The van der Waals surface area contributed by atoms with E-state index in [-0.39, 0.29) is 4.75 Å². The second kappa shape index (κ2) is 5.14. The van der Waals surface area contributed by atoms with Crippen molar-refractivity contribution < 1.29 is 0 Å². The molecule has 0 N–H and O–H groups in total. The molecule has 1 heterocycles. The summed E-state index contributed by atoms with van der Waals surface area (Å²) in [6.45, 7) is 11.6. The van der Waals surface area contributed by atoms with Crippen LogP contribution in [0, 0.1) is 5.41 Å². The zero-order valence-electron chi connectivity index (χ0n) is 10.5. The van der Waals surface area contributed by atoms with Gasteiger partial charge in [0.2, 0.25) is 0 Å². The van der Waals surface area contributed by atoms with Crippen LogP contribution in [-0.4, -0.2) is 26.8 Å². The molecule has 0 aromatic rings. The third kappa shape index (κ3) is 4.82. The summed E-state index contributed by atoms with van der Waals surface area (Å²) in [5.41, 5.74) is 0.406. The molecule has 1 aliphatic rings. The van der Waals surface area contributed by atoms with Crippen LogP contribution < -0.4 is 0 Å². The molecular weight excluding hydrogens is 240 g/mol. The minimum Gasteiger partial charge on any atom is -0.173 e. The van der Waals surface area contributed by atoms with E-state index in [4.69, 9.17) is 0 Å². The van der Waals surface area contributed by atoms with Gasteiger partial charge in [0.05, 0.1) is 0 Å². The zero-order chi connectivity index (χ0) is 11.7. The standard InChI is InChI=1S/C12H24S3/c1-9-6-15-10(7-14-9)11(2,3)8-12(4,5)13/h9-10,13H,6-8H2,1-5H3. The average molecular weight is 265 g/mol. The normalized spacial score (nSPS) is 29.2. The van der Waals surface area contributed by atoms with Gasteiger partial charge in [-0.3, -0.25) is 0 Å². The number of hydrogen-bond acceptors (Lipinski definition) is 3. The van der Waals surface area contributed by atoms with Gasteiger partial charge in [-0.1, -0.05) is 34.6 Å². The summed E-state index contributed by atoms with van der Waals surface area (Å²) in [5, 5.41) is 1.64. The van der Waals surface area contributed by atoms with E-state index in [1.165, 1.54) is 17.9 Å². The lowest BCUT2D eigenvalue weighted by Crippen LogP contribution is -2.37. The molecule has 0 amide bonds. The molecule has 1 aliphatic heterocycles. The minimum absolute atomic E-state index is 0.151. The maximum atomic E-state index is 4.67. The molecular formula is C12H24S3. The van der Waals surface area contributed by atoms with Crippen LogP contribution >= 0.6 is 36.2 Å². The van der Waals surface area contributed by atoms with Crippen molar-refractivity contribution in [3.63, 3.8) is 0 Å². The van der Waals surface area contributed by atoms with Crippen molar-refractivity contribution in [3.8, 4) is 0 Å². The zero-order valence-corrected chi connectivity index (χ0v) is 13.1. The Morgan fingerprint density at radius 1 is 1.13 bits per heavy atom. The Kier molecular flexibility index (Phi) is 4.83. The van der Waals surface area contributed by atoms with Gasteiger partial charge in [0.1, 0.15) is 0 Å². The lowest BCUT2D eigenvalue weighted by molar-refractivity contribution is 0.305. The monoisotopic (exact) mass is 264 g/mol. The number of hydrogen-bond donors (Lipinski definition) is 1. The Labute approximate surface area is 109 Å². The van der Waals surface area contributed by atoms with Crippen LogP contribution in [0.15, 0.2) is 0 Å². The number of thioether (sulfide) groups is 2. The van der Waals surface area contributed by atoms with Gasteiger partial charge in [0, 0.05) is 26.8 Å². The van der Waals surface area contributed by atoms with E-state index >= 15 is 0 Å². The van der Waals surface area contributed by atoms with E-state index in [2.05, 4.69) is 70.8 Å². The van der Waals surface area contributed by atoms with Crippen molar-refractivity contribution in [3.05, 3.63) is 0 Å². The highest BCUT2D eigenvalue weighted by Gasteiger charge is 2.36. The molecule has 1 fully saturated rings. The summed E-state index contributed by atoms with van der Waals surface area (Å²) < 4.78 is 0.151. The first-order chi connectivity index (χ1) is 6.71. The van der Waals surface area contributed by atoms with Gasteiger partial charge < -0.3 is 0 Å². The van der Waals surface area contributed by atoms with Crippen LogP contribution in [0.1, 0.15) is 41.0 Å². The molecule has 1 rings (SSSR count). The fourth-order valence-corrected chi connectivity index (χ4v) is 5.92. The molecule has 0 spiro atoms. The molecule has 0 aromatic heterocycles. The van der Waals surface area contributed by atoms with Crippen molar-refractivity contribution in [2.24, 2.45) is 5.41 Å². The molecule has 0 saturated carbocycles. The molecule has 0 radical (unpaired) electrons. The summed E-state index contributed by atoms with van der Waals surface area (Å²) in [7, 11) is 0. The third-order valence-electron chi connectivity index (χ3n) is 2.82. The lowest BCUT2D eigenvalue weighted by atomic mass is 9.81. The summed E-state index contributed by atoms with van der Waals surface area (Å²) in [6, 6.07) is 0. The Bertz CT molecular complexity index is 197. The third-order valence-corrected chi connectivity index (χ3v) is 6.57. The molecule has 0 nitrogen and oxygen atoms in total. The van der Waals surface area contributed by atoms with Crippen molar-refractivity contribution in [2.45, 2.75) is 56.3 Å². The number of rotatable bonds is 3. The molecule has 3 heteroatoms. The molecule has 90 valence electrons. The number of thiol groups is 1. The van der Waals surface area contributed by atoms with E-state index < -0.39 is 0 Å². The van der Waals surface area contributed by atoms with Crippen LogP contribution in [0.5, 0.6) is 0 Å². The minimum atomic E-state index is 0.151. The largest absolute Gasteiger partial charge is 0.173 e. The van der Waals surface area contributed by atoms with Gasteiger partial charge in [0.15, 0.2) is 0 Å². The predicted octanol–water partition coefficient (Wildman–Crippen LogP) is 4.35. The second-order valence-corrected chi connectivity index (χ2v) is 9.86. The molecule has 15 heavy (non-hydrogen) atoms. The first-order valence-corrected chi connectivity index (χ1v) is 8.21. The van der Waals surface area contributed by atoms with Gasteiger partial charge in [-0.15, -0.1) is 0 Å². The lowest BCUT2D eigenvalue weighted by Gasteiger charge is -2.41. The fourth-order valence-electron chi connectivity index (χ4n) is 2.28. The Morgan fingerprint density at radius 3 is 2.13 bits per heavy atom. The fraction of sp³-hybridized carbons (Fsp3) is 1.00. The predicted molar refractivity (Wildman–Crippen MR) is 79.6 cm³/mol. The van der Waals surface area contributed by atoms with Crippen molar-refractivity contribution >= 4 is 36.2 Å². The maximum Gasteiger partial charge on any atom is 0.0190 e. The smallest absolute Gasteiger partial charge is 0.0190 e. The molecule has 0 aromatic carbocycles. The Hall–Kier alpha value is 1.05. The van der Waals surface area contributed by atoms with Gasteiger partial charge in [0.25, 0.3) is 0 Å². The van der Waals surface area contributed by atoms with E-state index in [1.54, 1.807) is 0 Å². The highest BCUT2D eigenvalue weighted by molar-refractivity contribution is 8.07. The SMILES string of the molecule is CC1CSC(C(C)(C)CC(C)(C)S)CS1.